The van der Waals surface area contributed by atoms with Gasteiger partial charge in [-0.3, -0.25) is 9.48 Å². The number of benzene rings is 1. The van der Waals surface area contributed by atoms with Crippen molar-refractivity contribution in [2.75, 3.05) is 23.3 Å². The minimum absolute atomic E-state index is 0.0983. The van der Waals surface area contributed by atoms with Crippen LogP contribution in [0.3, 0.4) is 0 Å². The zero-order valence-corrected chi connectivity index (χ0v) is 17.2. The molecule has 5 rings (SSSR count). The molecule has 1 N–H and O–H groups in total. The number of nitrogens with one attached hydrogen (secondary N) is 1. The molecule has 31 heavy (non-hydrogen) atoms. The van der Waals surface area contributed by atoms with Crippen LogP contribution in [0.25, 0.3) is 21.3 Å². The SMILES string of the molecule is Cn1nc(C(F)(F)F)c2cc(C(=O)Nc3ccc(N4CCCCC4)c4nonc34)sc21. The average Bonchev–Trinajstić information content (AvgIpc) is 3.45. The molecule has 0 unspecified atom stereocenters. The quantitative estimate of drug-likeness (QED) is 0.497. The molecule has 1 amide bonds. The lowest BCUT2D eigenvalue weighted by Gasteiger charge is -2.28. The molecule has 3 aromatic heterocycles. The number of alkyl halides is 3. The van der Waals surface area contributed by atoms with Gasteiger partial charge < -0.3 is 10.2 Å². The van der Waals surface area contributed by atoms with Crippen molar-refractivity contribution in [2.24, 2.45) is 7.05 Å². The maximum Gasteiger partial charge on any atom is 0.435 e. The molecule has 12 heteroatoms. The molecule has 1 aliphatic rings. The Labute approximate surface area is 177 Å². The van der Waals surface area contributed by atoms with E-state index < -0.39 is 17.8 Å². The van der Waals surface area contributed by atoms with E-state index in [4.69, 9.17) is 4.63 Å². The van der Waals surface area contributed by atoms with Crippen LogP contribution in [0.5, 0.6) is 0 Å². The molecule has 8 nitrogen and oxygen atoms in total. The number of anilines is 2. The summed E-state index contributed by atoms with van der Waals surface area (Å²) in [6.45, 7) is 1.82. The number of hydrogen-bond acceptors (Lipinski definition) is 7. The van der Waals surface area contributed by atoms with Gasteiger partial charge in [-0.05, 0) is 47.8 Å². The first-order chi connectivity index (χ1) is 14.8. The van der Waals surface area contributed by atoms with E-state index >= 15 is 0 Å². The number of hydrogen-bond donors (Lipinski definition) is 1. The Bertz CT molecular complexity index is 1290. The van der Waals surface area contributed by atoms with E-state index in [1.165, 1.54) is 19.5 Å². The van der Waals surface area contributed by atoms with Crippen LogP contribution in [0.4, 0.5) is 24.5 Å². The Hall–Kier alpha value is -3.15. The fourth-order valence-corrected chi connectivity index (χ4v) is 4.86. The third-order valence-corrected chi connectivity index (χ3v) is 6.54. The number of fused-ring (bicyclic) bond motifs is 2. The Morgan fingerprint density at radius 3 is 2.65 bits per heavy atom. The van der Waals surface area contributed by atoms with Gasteiger partial charge in [0.05, 0.1) is 16.3 Å². The zero-order chi connectivity index (χ0) is 21.8. The van der Waals surface area contributed by atoms with Crippen molar-refractivity contribution in [3.05, 3.63) is 28.8 Å². The fraction of sp³-hybridized carbons (Fsp3) is 0.368. The van der Waals surface area contributed by atoms with Crippen LogP contribution in [0.15, 0.2) is 22.8 Å². The zero-order valence-electron chi connectivity index (χ0n) is 16.4. The van der Waals surface area contributed by atoms with E-state index in [0.717, 1.165) is 47.6 Å². The highest BCUT2D eigenvalue weighted by Gasteiger charge is 2.37. The first-order valence-electron chi connectivity index (χ1n) is 9.68. The molecular weight excluding hydrogens is 433 g/mol. The Balaban J connectivity index is 1.46. The predicted molar refractivity (Wildman–Crippen MR) is 109 cm³/mol. The van der Waals surface area contributed by atoms with Crippen LogP contribution in [0.2, 0.25) is 0 Å². The highest BCUT2D eigenvalue weighted by molar-refractivity contribution is 7.20. The van der Waals surface area contributed by atoms with Crippen molar-refractivity contribution < 1.29 is 22.6 Å². The number of rotatable bonds is 3. The number of nitrogens with zero attached hydrogens (tertiary/aromatic N) is 5. The second-order valence-corrected chi connectivity index (χ2v) is 8.43. The number of thiophene rings is 1. The smallest absolute Gasteiger partial charge is 0.370 e. The third-order valence-electron chi connectivity index (χ3n) is 5.34. The monoisotopic (exact) mass is 450 g/mol. The lowest BCUT2D eigenvalue weighted by molar-refractivity contribution is -0.140. The Kier molecular flexibility index (Phi) is 4.61. The van der Waals surface area contributed by atoms with Gasteiger partial charge in [0.15, 0.2) is 16.7 Å². The lowest BCUT2D eigenvalue weighted by Crippen LogP contribution is -2.29. The van der Waals surface area contributed by atoms with Gasteiger partial charge >= 0.3 is 6.18 Å². The summed E-state index contributed by atoms with van der Waals surface area (Å²) in [6.07, 6.45) is -1.24. The number of aromatic nitrogens is 4. The maximum atomic E-state index is 13.2. The van der Waals surface area contributed by atoms with E-state index in [2.05, 4.69) is 25.6 Å². The van der Waals surface area contributed by atoms with Crippen LogP contribution in [-0.2, 0) is 13.2 Å². The minimum Gasteiger partial charge on any atom is -0.370 e. The minimum atomic E-state index is -4.60. The normalized spacial score (nSPS) is 15.2. The molecule has 4 heterocycles. The molecule has 4 aromatic rings. The summed E-state index contributed by atoms with van der Waals surface area (Å²) in [7, 11) is 1.42. The van der Waals surface area contributed by atoms with Gasteiger partial charge in [-0.2, -0.15) is 18.3 Å². The molecule has 1 aromatic carbocycles. The second kappa shape index (κ2) is 7.22. The van der Waals surface area contributed by atoms with Crippen LogP contribution in [0.1, 0.15) is 34.6 Å². The van der Waals surface area contributed by atoms with Gasteiger partial charge in [0.1, 0.15) is 4.83 Å². The third kappa shape index (κ3) is 3.40. The molecule has 1 fully saturated rings. The molecule has 0 spiro atoms. The maximum absolute atomic E-state index is 13.2. The second-order valence-electron chi connectivity index (χ2n) is 7.39. The van der Waals surface area contributed by atoms with E-state index in [0.29, 0.717) is 16.7 Å². The van der Waals surface area contributed by atoms with E-state index in [1.54, 1.807) is 6.07 Å². The molecule has 0 aliphatic carbocycles. The number of carbonyl (C=O) groups excluding carboxylic acids is 1. The van der Waals surface area contributed by atoms with Crippen molar-refractivity contribution in [1.82, 2.24) is 20.1 Å². The van der Waals surface area contributed by atoms with Crippen molar-refractivity contribution in [2.45, 2.75) is 25.4 Å². The standard InChI is InChI=1S/C19H17F3N6O2S/c1-27-18-10(16(24-27)19(20,21)22)9-13(31-18)17(29)23-11-5-6-12(15-14(11)25-30-26-15)28-7-3-2-4-8-28/h5-6,9H,2-4,7-8H2,1H3,(H,23,29). The van der Waals surface area contributed by atoms with Gasteiger partial charge in [0, 0.05) is 25.5 Å². The Morgan fingerprint density at radius 2 is 1.90 bits per heavy atom. The van der Waals surface area contributed by atoms with Crippen molar-refractivity contribution in [3.63, 3.8) is 0 Å². The molecule has 1 saturated heterocycles. The number of amides is 1. The van der Waals surface area contributed by atoms with Crippen LogP contribution < -0.4 is 10.2 Å². The molecule has 162 valence electrons. The summed E-state index contributed by atoms with van der Waals surface area (Å²) in [6, 6.07) is 4.78. The molecule has 0 bridgehead atoms. The molecule has 1 aliphatic heterocycles. The first kappa shape index (κ1) is 19.8. The van der Waals surface area contributed by atoms with Crippen LogP contribution in [0, 0.1) is 0 Å². The summed E-state index contributed by atoms with van der Waals surface area (Å²) >= 11 is 0.942. The predicted octanol–water partition coefficient (Wildman–Crippen LogP) is 4.43. The number of halogens is 3. The van der Waals surface area contributed by atoms with E-state index in [9.17, 15) is 18.0 Å². The van der Waals surface area contributed by atoms with Gasteiger partial charge in [-0.15, -0.1) is 11.3 Å². The number of piperidine rings is 1. The van der Waals surface area contributed by atoms with Gasteiger partial charge in [-0.1, -0.05) is 0 Å². The van der Waals surface area contributed by atoms with Crippen LogP contribution >= 0.6 is 11.3 Å². The van der Waals surface area contributed by atoms with Crippen molar-refractivity contribution >= 4 is 49.9 Å². The highest BCUT2D eigenvalue weighted by Crippen LogP contribution is 2.38. The summed E-state index contributed by atoms with van der Waals surface area (Å²) < 4.78 is 45.7. The average molecular weight is 450 g/mol. The Morgan fingerprint density at radius 1 is 1.16 bits per heavy atom. The fourth-order valence-electron chi connectivity index (χ4n) is 3.89. The van der Waals surface area contributed by atoms with Crippen molar-refractivity contribution in [3.8, 4) is 0 Å². The van der Waals surface area contributed by atoms with E-state index in [-0.39, 0.29) is 15.1 Å². The molecule has 0 saturated carbocycles. The number of aryl methyl sites for hydroxylation is 1. The summed E-state index contributed by atoms with van der Waals surface area (Å²) in [5.41, 5.74) is 1.20. The number of carbonyl (C=O) groups is 1. The highest BCUT2D eigenvalue weighted by atomic mass is 32.1. The van der Waals surface area contributed by atoms with Gasteiger partial charge in [0.2, 0.25) is 0 Å². The van der Waals surface area contributed by atoms with Gasteiger partial charge in [0.25, 0.3) is 5.91 Å². The van der Waals surface area contributed by atoms with Crippen molar-refractivity contribution in [1.29, 1.82) is 0 Å². The summed E-state index contributed by atoms with van der Waals surface area (Å²) in [5.74, 6) is -0.538. The molecule has 0 atom stereocenters. The lowest BCUT2D eigenvalue weighted by atomic mass is 10.1. The first-order valence-corrected chi connectivity index (χ1v) is 10.5. The summed E-state index contributed by atoms with van der Waals surface area (Å²) in [5, 5.41) is 14.1. The van der Waals surface area contributed by atoms with E-state index in [1.807, 2.05) is 6.07 Å². The molecular formula is C19H17F3N6O2S. The summed E-state index contributed by atoms with van der Waals surface area (Å²) in [4.78, 5) is 15.4. The topological polar surface area (TPSA) is 89.1 Å². The van der Waals surface area contributed by atoms with Crippen LogP contribution in [-0.4, -0.2) is 39.1 Å². The largest absolute Gasteiger partial charge is 0.435 e. The van der Waals surface area contributed by atoms with Gasteiger partial charge in [-0.25, -0.2) is 4.63 Å². The molecule has 0 radical (unpaired) electrons.